The van der Waals surface area contributed by atoms with E-state index in [2.05, 4.69) is 15.4 Å². The maximum Gasteiger partial charge on any atom is 0.411 e. The Morgan fingerprint density at radius 3 is 2.43 bits per heavy atom. The minimum Gasteiger partial charge on any atom is -0.453 e. The molecular formula is C16H17FN2O2. The number of amides is 1. The van der Waals surface area contributed by atoms with Crippen LogP contribution in [0.4, 0.5) is 20.6 Å². The van der Waals surface area contributed by atoms with Crippen LogP contribution in [-0.2, 0) is 11.2 Å². The molecule has 5 heteroatoms. The molecule has 2 rings (SSSR count). The molecule has 2 aromatic rings. The molecule has 1 amide bonds. The Hall–Kier alpha value is -2.56. The van der Waals surface area contributed by atoms with Crippen molar-refractivity contribution in [2.75, 3.05) is 24.3 Å². The predicted molar refractivity (Wildman–Crippen MR) is 81.1 cm³/mol. The van der Waals surface area contributed by atoms with Gasteiger partial charge in [-0.3, -0.25) is 5.32 Å². The number of methoxy groups -OCH3 is 1. The summed E-state index contributed by atoms with van der Waals surface area (Å²) in [6.07, 6.45) is 0.102. The van der Waals surface area contributed by atoms with Crippen molar-refractivity contribution in [2.24, 2.45) is 0 Å². The van der Waals surface area contributed by atoms with Gasteiger partial charge in [0.2, 0.25) is 0 Å². The van der Waals surface area contributed by atoms with Crippen LogP contribution in [0.5, 0.6) is 0 Å². The van der Waals surface area contributed by atoms with Gasteiger partial charge in [0.1, 0.15) is 5.82 Å². The molecular weight excluding hydrogens is 271 g/mol. The van der Waals surface area contributed by atoms with Crippen LogP contribution in [0.2, 0.25) is 0 Å². The zero-order valence-corrected chi connectivity index (χ0v) is 11.7. The number of hydrogen-bond donors (Lipinski definition) is 2. The molecule has 0 aliphatic heterocycles. The first-order valence-electron chi connectivity index (χ1n) is 6.61. The summed E-state index contributed by atoms with van der Waals surface area (Å²) < 4.78 is 18.0. The van der Waals surface area contributed by atoms with Crippen LogP contribution >= 0.6 is 0 Å². The highest BCUT2D eigenvalue weighted by molar-refractivity contribution is 5.84. The first-order chi connectivity index (χ1) is 10.2. The molecule has 0 aliphatic carbocycles. The lowest BCUT2D eigenvalue weighted by molar-refractivity contribution is 0.187. The van der Waals surface area contributed by atoms with Gasteiger partial charge < -0.3 is 10.1 Å². The molecule has 0 saturated carbocycles. The van der Waals surface area contributed by atoms with Crippen molar-refractivity contribution in [2.45, 2.75) is 6.42 Å². The molecule has 0 atom stereocenters. The maximum atomic E-state index is 13.4. The fourth-order valence-corrected chi connectivity index (χ4v) is 1.88. The third-order valence-corrected chi connectivity index (χ3v) is 3.00. The lowest BCUT2D eigenvalue weighted by Crippen LogP contribution is -2.11. The van der Waals surface area contributed by atoms with E-state index in [1.807, 2.05) is 18.2 Å². The van der Waals surface area contributed by atoms with Crippen LogP contribution in [0.25, 0.3) is 0 Å². The Morgan fingerprint density at radius 1 is 1.10 bits per heavy atom. The highest BCUT2D eigenvalue weighted by Crippen LogP contribution is 2.14. The van der Waals surface area contributed by atoms with Gasteiger partial charge in [-0.25, -0.2) is 9.18 Å². The highest BCUT2D eigenvalue weighted by atomic mass is 19.1. The molecule has 0 unspecified atom stereocenters. The van der Waals surface area contributed by atoms with Crippen molar-refractivity contribution >= 4 is 17.5 Å². The second-order valence-corrected chi connectivity index (χ2v) is 4.46. The predicted octanol–water partition coefficient (Wildman–Crippen LogP) is 3.66. The van der Waals surface area contributed by atoms with E-state index >= 15 is 0 Å². The molecule has 0 fully saturated rings. The van der Waals surface area contributed by atoms with Gasteiger partial charge in [0.05, 0.1) is 7.11 Å². The van der Waals surface area contributed by atoms with Gasteiger partial charge in [-0.1, -0.05) is 18.2 Å². The Morgan fingerprint density at radius 2 is 1.76 bits per heavy atom. The van der Waals surface area contributed by atoms with Crippen molar-refractivity contribution < 1.29 is 13.9 Å². The third-order valence-electron chi connectivity index (χ3n) is 3.00. The van der Waals surface area contributed by atoms with Gasteiger partial charge in [0.15, 0.2) is 0 Å². The summed E-state index contributed by atoms with van der Waals surface area (Å²) >= 11 is 0. The number of ether oxygens (including phenoxy) is 1. The summed E-state index contributed by atoms with van der Waals surface area (Å²) in [4.78, 5) is 11.0. The quantitative estimate of drug-likeness (QED) is 0.882. The fraction of sp³-hybridized carbons (Fsp3) is 0.188. The molecule has 0 spiro atoms. The van der Waals surface area contributed by atoms with Crippen molar-refractivity contribution in [3.05, 3.63) is 59.9 Å². The van der Waals surface area contributed by atoms with E-state index in [0.29, 0.717) is 24.2 Å². The number of hydrogen-bond acceptors (Lipinski definition) is 3. The Kier molecular flexibility index (Phi) is 5.15. The van der Waals surface area contributed by atoms with Crippen LogP contribution in [0.1, 0.15) is 5.56 Å². The normalized spacial score (nSPS) is 10.0. The number of rotatable bonds is 5. The third kappa shape index (κ3) is 4.49. The summed E-state index contributed by atoms with van der Waals surface area (Å²) in [5, 5.41) is 5.77. The molecule has 0 aromatic heterocycles. The highest BCUT2D eigenvalue weighted by Gasteiger charge is 2.02. The van der Waals surface area contributed by atoms with Gasteiger partial charge in [-0.05, 0) is 42.3 Å². The molecule has 0 heterocycles. The van der Waals surface area contributed by atoms with Crippen molar-refractivity contribution in [1.82, 2.24) is 0 Å². The minimum absolute atomic E-state index is 0.183. The number of anilines is 2. The zero-order valence-electron chi connectivity index (χ0n) is 11.7. The van der Waals surface area contributed by atoms with Gasteiger partial charge >= 0.3 is 6.09 Å². The summed E-state index contributed by atoms with van der Waals surface area (Å²) in [5.41, 5.74) is 2.25. The first-order valence-corrected chi connectivity index (χ1v) is 6.61. The molecule has 4 nitrogen and oxygen atoms in total. The fourth-order valence-electron chi connectivity index (χ4n) is 1.88. The molecule has 2 aromatic carbocycles. The molecule has 0 aliphatic rings. The SMILES string of the molecule is COC(=O)Nc1ccc(NCCc2ccccc2F)cc1. The lowest BCUT2D eigenvalue weighted by Gasteiger charge is -2.08. The van der Waals surface area contributed by atoms with E-state index in [-0.39, 0.29) is 5.82 Å². The zero-order chi connectivity index (χ0) is 15.1. The number of nitrogens with one attached hydrogen (secondary N) is 2. The Balaban J connectivity index is 1.84. The van der Waals surface area contributed by atoms with Crippen molar-refractivity contribution in [3.63, 3.8) is 0 Å². The van der Waals surface area contributed by atoms with Gasteiger partial charge in [0.25, 0.3) is 0 Å². The summed E-state index contributed by atoms with van der Waals surface area (Å²) in [5.74, 6) is -0.183. The molecule has 0 radical (unpaired) electrons. The van der Waals surface area contributed by atoms with Crippen LogP contribution in [0.15, 0.2) is 48.5 Å². The maximum absolute atomic E-state index is 13.4. The number of carbonyl (C=O) groups is 1. The topological polar surface area (TPSA) is 50.4 Å². The van der Waals surface area contributed by atoms with Gasteiger partial charge in [0, 0.05) is 17.9 Å². The number of benzene rings is 2. The van der Waals surface area contributed by atoms with Gasteiger partial charge in [-0.2, -0.15) is 0 Å². The second-order valence-electron chi connectivity index (χ2n) is 4.46. The molecule has 21 heavy (non-hydrogen) atoms. The van der Waals surface area contributed by atoms with E-state index in [0.717, 1.165) is 5.69 Å². The first kappa shape index (κ1) is 14.8. The number of halogens is 1. The average Bonchev–Trinajstić information content (AvgIpc) is 2.51. The largest absolute Gasteiger partial charge is 0.453 e. The summed E-state index contributed by atoms with van der Waals surface area (Å²) in [7, 11) is 1.31. The Bertz CT molecular complexity index is 599. The van der Waals surface area contributed by atoms with E-state index < -0.39 is 6.09 Å². The molecule has 0 bridgehead atoms. The standard InChI is InChI=1S/C16H17FN2O2/c1-21-16(20)19-14-8-6-13(7-9-14)18-11-10-12-4-2-3-5-15(12)17/h2-9,18H,10-11H2,1H3,(H,19,20). The lowest BCUT2D eigenvalue weighted by atomic mass is 10.1. The van der Waals surface area contributed by atoms with E-state index in [9.17, 15) is 9.18 Å². The van der Waals surface area contributed by atoms with Crippen molar-refractivity contribution in [1.29, 1.82) is 0 Å². The van der Waals surface area contributed by atoms with E-state index in [1.54, 1.807) is 24.3 Å². The molecule has 0 saturated heterocycles. The van der Waals surface area contributed by atoms with Crippen LogP contribution in [0.3, 0.4) is 0 Å². The van der Waals surface area contributed by atoms with E-state index in [1.165, 1.54) is 13.2 Å². The second kappa shape index (κ2) is 7.28. The molecule has 110 valence electrons. The number of carbonyl (C=O) groups excluding carboxylic acids is 1. The summed E-state index contributed by atoms with van der Waals surface area (Å²) in [6.45, 7) is 0.630. The van der Waals surface area contributed by atoms with Crippen LogP contribution in [0, 0.1) is 5.82 Å². The van der Waals surface area contributed by atoms with Gasteiger partial charge in [-0.15, -0.1) is 0 Å². The summed E-state index contributed by atoms with van der Waals surface area (Å²) in [6, 6.07) is 14.0. The van der Waals surface area contributed by atoms with E-state index in [4.69, 9.17) is 0 Å². The van der Waals surface area contributed by atoms with Crippen LogP contribution in [-0.4, -0.2) is 19.7 Å². The minimum atomic E-state index is -0.504. The monoisotopic (exact) mass is 288 g/mol. The average molecular weight is 288 g/mol. The van der Waals surface area contributed by atoms with Crippen LogP contribution < -0.4 is 10.6 Å². The Labute approximate surface area is 122 Å². The smallest absolute Gasteiger partial charge is 0.411 e. The van der Waals surface area contributed by atoms with Crippen molar-refractivity contribution in [3.8, 4) is 0 Å². The molecule has 2 N–H and O–H groups in total.